The molecule has 3 heteroatoms. The molecule has 1 heterocycles. The Balaban J connectivity index is 1.99. The van der Waals surface area contributed by atoms with Crippen LogP contribution in [0, 0.1) is 12.8 Å². The summed E-state index contributed by atoms with van der Waals surface area (Å²) in [5.41, 5.74) is 2.76. The summed E-state index contributed by atoms with van der Waals surface area (Å²) in [6, 6.07) is 6.13. The standard InChI is InChI=1S/C15H20N2O/c1-10-5-4-8-15(9-10)14(18)16-13-11(2)6-3-7-12(13)17-15/h3,6-7,10,17H,4-5,8-9H2,1-2H3,(H,16,18). The fourth-order valence-electron chi connectivity index (χ4n) is 3.36. The van der Waals surface area contributed by atoms with E-state index in [0.29, 0.717) is 5.92 Å². The van der Waals surface area contributed by atoms with Crippen LogP contribution in [0.5, 0.6) is 0 Å². The Morgan fingerprint density at radius 1 is 1.39 bits per heavy atom. The molecule has 1 aliphatic heterocycles. The van der Waals surface area contributed by atoms with Gasteiger partial charge in [0, 0.05) is 0 Å². The minimum Gasteiger partial charge on any atom is -0.369 e. The monoisotopic (exact) mass is 244 g/mol. The van der Waals surface area contributed by atoms with Gasteiger partial charge >= 0.3 is 0 Å². The van der Waals surface area contributed by atoms with Gasteiger partial charge in [0.1, 0.15) is 5.54 Å². The highest BCUT2D eigenvalue weighted by atomic mass is 16.2. The molecular weight excluding hydrogens is 224 g/mol. The number of para-hydroxylation sites is 1. The molecular formula is C15H20N2O. The molecule has 1 amide bonds. The van der Waals surface area contributed by atoms with Gasteiger partial charge in [-0.05, 0) is 37.3 Å². The first-order valence-corrected chi connectivity index (χ1v) is 6.80. The molecule has 0 aromatic heterocycles. The van der Waals surface area contributed by atoms with Gasteiger partial charge in [-0.15, -0.1) is 0 Å². The summed E-state index contributed by atoms with van der Waals surface area (Å²) in [6.45, 7) is 4.27. The van der Waals surface area contributed by atoms with Crippen LogP contribution in [0.25, 0.3) is 0 Å². The number of nitrogens with one attached hydrogen (secondary N) is 2. The zero-order chi connectivity index (χ0) is 12.8. The topological polar surface area (TPSA) is 41.1 Å². The van der Waals surface area contributed by atoms with Gasteiger partial charge in [0.05, 0.1) is 11.4 Å². The molecule has 3 nitrogen and oxygen atoms in total. The van der Waals surface area contributed by atoms with Gasteiger partial charge in [-0.1, -0.05) is 31.9 Å². The second-order valence-corrected chi connectivity index (χ2v) is 5.86. The van der Waals surface area contributed by atoms with E-state index in [1.165, 1.54) is 6.42 Å². The fourth-order valence-corrected chi connectivity index (χ4v) is 3.36. The lowest BCUT2D eigenvalue weighted by molar-refractivity contribution is -0.122. The van der Waals surface area contributed by atoms with Crippen LogP contribution in [-0.4, -0.2) is 11.4 Å². The van der Waals surface area contributed by atoms with E-state index in [2.05, 4.69) is 23.6 Å². The summed E-state index contributed by atoms with van der Waals surface area (Å²) in [7, 11) is 0. The number of aryl methyl sites for hydroxylation is 1. The van der Waals surface area contributed by atoms with Gasteiger partial charge in [0.2, 0.25) is 5.91 Å². The largest absolute Gasteiger partial charge is 0.369 e. The molecule has 96 valence electrons. The van der Waals surface area contributed by atoms with Crippen molar-refractivity contribution in [1.82, 2.24) is 0 Å². The van der Waals surface area contributed by atoms with E-state index < -0.39 is 0 Å². The quantitative estimate of drug-likeness (QED) is 0.735. The van der Waals surface area contributed by atoms with Gasteiger partial charge in [-0.25, -0.2) is 0 Å². The van der Waals surface area contributed by atoms with Crippen LogP contribution in [0.15, 0.2) is 18.2 Å². The van der Waals surface area contributed by atoms with Crippen LogP contribution < -0.4 is 10.6 Å². The van der Waals surface area contributed by atoms with Crippen molar-refractivity contribution in [3.63, 3.8) is 0 Å². The first-order chi connectivity index (χ1) is 8.61. The summed E-state index contributed by atoms with van der Waals surface area (Å²) < 4.78 is 0. The number of amides is 1. The lowest BCUT2D eigenvalue weighted by Gasteiger charge is -2.43. The van der Waals surface area contributed by atoms with Crippen LogP contribution in [-0.2, 0) is 4.79 Å². The predicted octanol–water partition coefficient (Wildman–Crippen LogP) is 3.31. The molecule has 1 spiro atoms. The molecule has 1 aliphatic carbocycles. The summed E-state index contributed by atoms with van der Waals surface area (Å²) >= 11 is 0. The van der Waals surface area contributed by atoms with Gasteiger partial charge in [-0.3, -0.25) is 4.79 Å². The first kappa shape index (κ1) is 11.6. The van der Waals surface area contributed by atoms with Crippen molar-refractivity contribution in [2.45, 2.75) is 45.1 Å². The van der Waals surface area contributed by atoms with E-state index >= 15 is 0 Å². The predicted molar refractivity (Wildman–Crippen MR) is 73.8 cm³/mol. The van der Waals surface area contributed by atoms with E-state index in [4.69, 9.17) is 0 Å². The molecule has 3 rings (SSSR count). The van der Waals surface area contributed by atoms with E-state index in [-0.39, 0.29) is 11.4 Å². The van der Waals surface area contributed by atoms with Crippen molar-refractivity contribution in [3.05, 3.63) is 23.8 Å². The molecule has 2 aliphatic rings. The van der Waals surface area contributed by atoms with E-state index in [1.54, 1.807) is 0 Å². The van der Waals surface area contributed by atoms with Crippen molar-refractivity contribution in [3.8, 4) is 0 Å². The van der Waals surface area contributed by atoms with Crippen molar-refractivity contribution < 1.29 is 4.79 Å². The minimum atomic E-state index is -0.377. The van der Waals surface area contributed by atoms with Crippen molar-refractivity contribution >= 4 is 17.3 Å². The second-order valence-electron chi connectivity index (χ2n) is 5.86. The number of hydrogen-bond acceptors (Lipinski definition) is 2. The number of fused-ring (bicyclic) bond motifs is 1. The molecule has 2 atom stereocenters. The Morgan fingerprint density at radius 3 is 3.00 bits per heavy atom. The number of hydrogen-bond donors (Lipinski definition) is 2. The van der Waals surface area contributed by atoms with Crippen LogP contribution in [0.1, 0.15) is 38.2 Å². The summed E-state index contributed by atoms with van der Waals surface area (Å²) in [6.07, 6.45) is 4.24. The highest BCUT2D eigenvalue weighted by Gasteiger charge is 2.44. The van der Waals surface area contributed by atoms with Crippen LogP contribution in [0.3, 0.4) is 0 Å². The van der Waals surface area contributed by atoms with Crippen LogP contribution >= 0.6 is 0 Å². The number of carbonyl (C=O) groups is 1. The maximum absolute atomic E-state index is 12.5. The third-order valence-electron chi connectivity index (χ3n) is 4.32. The molecule has 2 unspecified atom stereocenters. The third kappa shape index (κ3) is 1.69. The van der Waals surface area contributed by atoms with Crippen LogP contribution in [0.4, 0.5) is 11.4 Å². The zero-order valence-electron chi connectivity index (χ0n) is 11.0. The minimum absolute atomic E-state index is 0.149. The Hall–Kier alpha value is -1.51. The number of benzene rings is 1. The molecule has 2 N–H and O–H groups in total. The Morgan fingerprint density at radius 2 is 2.22 bits per heavy atom. The number of anilines is 2. The summed E-state index contributed by atoms with van der Waals surface area (Å²) in [5, 5.41) is 6.63. The molecule has 0 saturated heterocycles. The highest BCUT2D eigenvalue weighted by Crippen LogP contribution is 2.41. The third-order valence-corrected chi connectivity index (χ3v) is 4.32. The number of carbonyl (C=O) groups excluding carboxylic acids is 1. The Kier molecular flexibility index (Phi) is 2.58. The fraction of sp³-hybridized carbons (Fsp3) is 0.533. The lowest BCUT2D eigenvalue weighted by Crippen LogP contribution is -2.55. The van der Waals surface area contributed by atoms with Crippen molar-refractivity contribution in [1.29, 1.82) is 0 Å². The van der Waals surface area contributed by atoms with Gasteiger partial charge in [0.15, 0.2) is 0 Å². The van der Waals surface area contributed by atoms with Gasteiger partial charge in [-0.2, -0.15) is 0 Å². The highest BCUT2D eigenvalue weighted by molar-refractivity contribution is 6.06. The Bertz CT molecular complexity index is 497. The molecule has 0 bridgehead atoms. The van der Waals surface area contributed by atoms with Crippen molar-refractivity contribution in [2.24, 2.45) is 5.92 Å². The summed E-state index contributed by atoms with van der Waals surface area (Å²) in [4.78, 5) is 12.5. The molecule has 18 heavy (non-hydrogen) atoms. The summed E-state index contributed by atoms with van der Waals surface area (Å²) in [5.74, 6) is 0.763. The molecule has 1 fully saturated rings. The van der Waals surface area contributed by atoms with Crippen LogP contribution in [0.2, 0.25) is 0 Å². The second kappa shape index (κ2) is 4.01. The first-order valence-electron chi connectivity index (χ1n) is 6.80. The molecule has 1 saturated carbocycles. The van der Waals surface area contributed by atoms with E-state index in [9.17, 15) is 4.79 Å². The van der Waals surface area contributed by atoms with Gasteiger partial charge < -0.3 is 10.6 Å². The van der Waals surface area contributed by atoms with Crippen molar-refractivity contribution in [2.75, 3.05) is 10.6 Å². The van der Waals surface area contributed by atoms with E-state index in [1.807, 2.05) is 19.1 Å². The maximum atomic E-state index is 12.5. The normalized spacial score (nSPS) is 30.6. The average Bonchev–Trinajstić information content (AvgIpc) is 2.32. The Labute approximate surface area is 108 Å². The molecule has 1 aromatic carbocycles. The van der Waals surface area contributed by atoms with Gasteiger partial charge in [0.25, 0.3) is 0 Å². The molecule has 1 aromatic rings. The SMILES string of the molecule is Cc1cccc2c1NC(=O)C1(CCCC(C)C1)N2. The maximum Gasteiger partial charge on any atom is 0.250 e. The number of rotatable bonds is 0. The lowest BCUT2D eigenvalue weighted by atomic mass is 9.74. The van der Waals surface area contributed by atoms with E-state index in [0.717, 1.165) is 36.2 Å². The zero-order valence-corrected chi connectivity index (χ0v) is 11.0. The smallest absolute Gasteiger partial charge is 0.250 e. The molecule has 0 radical (unpaired) electrons. The average molecular weight is 244 g/mol.